The Morgan fingerprint density at radius 2 is 2.00 bits per heavy atom. The third kappa shape index (κ3) is 4.95. The van der Waals surface area contributed by atoms with Gasteiger partial charge in [0.15, 0.2) is 0 Å². The molecule has 2 rings (SSSR count). The molecule has 0 spiro atoms. The van der Waals surface area contributed by atoms with Crippen molar-refractivity contribution in [1.29, 1.82) is 0 Å². The fourth-order valence-electron chi connectivity index (χ4n) is 3.36. The van der Waals surface area contributed by atoms with Crippen LogP contribution in [-0.2, 0) is 14.9 Å². The summed E-state index contributed by atoms with van der Waals surface area (Å²) in [4.78, 5) is 12.6. The number of carbonyl (C=O) groups excluding carboxylic acids is 1. The van der Waals surface area contributed by atoms with Gasteiger partial charge in [0.25, 0.3) is 0 Å². The molecule has 2 atom stereocenters. The van der Waals surface area contributed by atoms with Crippen LogP contribution in [0.3, 0.4) is 0 Å². The molecule has 0 radical (unpaired) electrons. The average molecular weight is 399 g/mol. The Morgan fingerprint density at radius 3 is 2.56 bits per heavy atom. The number of rotatable bonds is 7. The van der Waals surface area contributed by atoms with E-state index in [1.807, 2.05) is 39.0 Å². The molecule has 1 aromatic rings. The molecular weight excluding hydrogens is 364 g/mol. The third-order valence-corrected chi connectivity index (χ3v) is 5.59. The second-order valence-electron chi connectivity index (χ2n) is 8.72. The zero-order chi connectivity index (χ0) is 19.6. The van der Waals surface area contributed by atoms with Crippen LogP contribution in [0.15, 0.2) is 24.3 Å². The number of hydrogen-bond donors (Lipinski definition) is 2. The number of nitrogens with one attached hydrogen (secondary N) is 1. The number of benzene rings is 1. The zero-order valence-corrected chi connectivity index (χ0v) is 18.2. The molecule has 0 aliphatic heterocycles. The van der Waals surface area contributed by atoms with Gasteiger partial charge in [-0.15, -0.1) is 12.4 Å². The number of ether oxygens (including phenoxy) is 2. The Bertz CT molecular complexity index is 643. The zero-order valence-electron chi connectivity index (χ0n) is 17.4. The van der Waals surface area contributed by atoms with E-state index >= 15 is 0 Å². The van der Waals surface area contributed by atoms with Crippen molar-refractivity contribution in [3.8, 4) is 5.75 Å². The number of nitrogens with two attached hydrogens (primary N) is 1. The third-order valence-electron chi connectivity index (χ3n) is 5.59. The van der Waals surface area contributed by atoms with Gasteiger partial charge in [0, 0.05) is 18.4 Å². The molecule has 0 heterocycles. The van der Waals surface area contributed by atoms with Crippen molar-refractivity contribution >= 4 is 18.3 Å². The van der Waals surface area contributed by atoms with E-state index in [0.29, 0.717) is 26.2 Å². The lowest BCUT2D eigenvalue weighted by Crippen LogP contribution is -2.75. The van der Waals surface area contributed by atoms with E-state index in [9.17, 15) is 4.79 Å². The van der Waals surface area contributed by atoms with Gasteiger partial charge < -0.3 is 20.5 Å². The number of amides is 1. The summed E-state index contributed by atoms with van der Waals surface area (Å²) in [5.41, 5.74) is 6.40. The van der Waals surface area contributed by atoms with Crippen LogP contribution in [0.25, 0.3) is 0 Å². The Hall–Kier alpha value is -1.30. The van der Waals surface area contributed by atoms with Crippen molar-refractivity contribution in [2.24, 2.45) is 11.1 Å². The van der Waals surface area contributed by atoms with Gasteiger partial charge in [0.2, 0.25) is 5.91 Å². The fourth-order valence-corrected chi connectivity index (χ4v) is 3.36. The summed E-state index contributed by atoms with van der Waals surface area (Å²) >= 11 is 0. The van der Waals surface area contributed by atoms with E-state index in [2.05, 4.69) is 32.2 Å². The maximum Gasteiger partial charge on any atom is 0.240 e. The molecule has 0 aromatic heterocycles. The maximum atomic E-state index is 12.6. The SMILES string of the molecule is CCOC1CC(N)(C(=O)NCCOc2cccc(C(C)(C)C)c2)C1(C)C.Cl. The van der Waals surface area contributed by atoms with Gasteiger partial charge in [0.1, 0.15) is 17.9 Å². The van der Waals surface area contributed by atoms with Crippen molar-refractivity contribution in [1.82, 2.24) is 5.32 Å². The first-order valence-electron chi connectivity index (χ1n) is 9.44. The lowest BCUT2D eigenvalue weighted by atomic mass is 9.54. The molecule has 1 amide bonds. The minimum absolute atomic E-state index is 0. The Labute approximate surface area is 169 Å². The summed E-state index contributed by atoms with van der Waals surface area (Å²) < 4.78 is 11.5. The molecule has 6 heteroatoms. The highest BCUT2D eigenvalue weighted by atomic mass is 35.5. The first-order valence-corrected chi connectivity index (χ1v) is 9.44. The highest BCUT2D eigenvalue weighted by molar-refractivity contribution is 5.88. The summed E-state index contributed by atoms with van der Waals surface area (Å²) in [6, 6.07) is 8.07. The van der Waals surface area contributed by atoms with Gasteiger partial charge in [-0.3, -0.25) is 4.79 Å². The summed E-state index contributed by atoms with van der Waals surface area (Å²) in [5, 5.41) is 2.91. The molecule has 0 bridgehead atoms. The average Bonchev–Trinajstić information content (AvgIpc) is 2.57. The predicted octanol–water partition coefficient (Wildman–Crippen LogP) is 3.43. The molecule has 1 aliphatic carbocycles. The standard InChI is InChI=1S/C21H34N2O3.ClH/c1-7-25-17-14-21(22,20(17,5)6)18(24)23-11-12-26-16-10-8-9-15(13-16)19(2,3)4;/h8-10,13,17H,7,11-12,14,22H2,1-6H3,(H,23,24);1H. The van der Waals surface area contributed by atoms with Gasteiger partial charge in [-0.1, -0.05) is 46.8 Å². The normalized spacial score (nSPS) is 23.7. The molecule has 27 heavy (non-hydrogen) atoms. The number of halogens is 1. The van der Waals surface area contributed by atoms with E-state index in [4.69, 9.17) is 15.2 Å². The van der Waals surface area contributed by atoms with Crippen molar-refractivity contribution in [2.75, 3.05) is 19.8 Å². The van der Waals surface area contributed by atoms with Gasteiger partial charge in [-0.2, -0.15) is 0 Å². The van der Waals surface area contributed by atoms with E-state index in [0.717, 1.165) is 5.75 Å². The molecule has 2 unspecified atom stereocenters. The first kappa shape index (κ1) is 23.7. The molecule has 5 nitrogen and oxygen atoms in total. The molecular formula is C21H35ClN2O3. The predicted molar refractivity (Wildman–Crippen MR) is 112 cm³/mol. The minimum atomic E-state index is -0.890. The molecule has 1 aliphatic rings. The van der Waals surface area contributed by atoms with Crippen LogP contribution < -0.4 is 15.8 Å². The van der Waals surface area contributed by atoms with E-state index in [1.54, 1.807) is 0 Å². The fraction of sp³-hybridized carbons (Fsp3) is 0.667. The van der Waals surface area contributed by atoms with E-state index in [1.165, 1.54) is 5.56 Å². The highest BCUT2D eigenvalue weighted by Gasteiger charge is 2.62. The van der Waals surface area contributed by atoms with Gasteiger partial charge >= 0.3 is 0 Å². The van der Waals surface area contributed by atoms with Crippen molar-refractivity contribution in [3.05, 3.63) is 29.8 Å². The minimum Gasteiger partial charge on any atom is -0.492 e. The molecule has 1 fully saturated rings. The molecule has 3 N–H and O–H groups in total. The van der Waals surface area contributed by atoms with Gasteiger partial charge in [0.05, 0.1) is 12.6 Å². The summed E-state index contributed by atoms with van der Waals surface area (Å²) in [7, 11) is 0. The number of carbonyl (C=O) groups is 1. The van der Waals surface area contributed by atoms with Crippen LogP contribution in [0, 0.1) is 5.41 Å². The van der Waals surface area contributed by atoms with E-state index in [-0.39, 0.29) is 35.2 Å². The summed E-state index contributed by atoms with van der Waals surface area (Å²) in [6.07, 6.45) is 0.577. The summed E-state index contributed by atoms with van der Waals surface area (Å²) in [5.74, 6) is 0.681. The maximum absolute atomic E-state index is 12.6. The highest BCUT2D eigenvalue weighted by Crippen LogP contribution is 2.49. The van der Waals surface area contributed by atoms with Gasteiger partial charge in [-0.05, 0) is 30.0 Å². The smallest absolute Gasteiger partial charge is 0.240 e. The van der Waals surface area contributed by atoms with Crippen LogP contribution in [0.2, 0.25) is 0 Å². The topological polar surface area (TPSA) is 73.6 Å². The quantitative estimate of drug-likeness (QED) is 0.690. The molecule has 1 saturated carbocycles. The van der Waals surface area contributed by atoms with Crippen LogP contribution >= 0.6 is 12.4 Å². The van der Waals surface area contributed by atoms with Crippen molar-refractivity contribution in [3.63, 3.8) is 0 Å². The molecule has 1 aromatic carbocycles. The Kier molecular flexibility index (Phi) is 7.74. The number of hydrogen-bond acceptors (Lipinski definition) is 4. The second-order valence-corrected chi connectivity index (χ2v) is 8.72. The van der Waals surface area contributed by atoms with Crippen molar-refractivity contribution in [2.45, 2.75) is 65.0 Å². The molecule has 0 saturated heterocycles. The Morgan fingerprint density at radius 1 is 1.33 bits per heavy atom. The van der Waals surface area contributed by atoms with Crippen molar-refractivity contribution < 1.29 is 14.3 Å². The summed E-state index contributed by atoms with van der Waals surface area (Å²) in [6.45, 7) is 13.9. The molecule has 154 valence electrons. The van der Waals surface area contributed by atoms with Crippen LogP contribution in [-0.4, -0.2) is 37.3 Å². The van der Waals surface area contributed by atoms with Crippen LogP contribution in [0.1, 0.15) is 53.5 Å². The Balaban J connectivity index is 0.00000364. The monoisotopic (exact) mass is 398 g/mol. The first-order chi connectivity index (χ1) is 12.0. The van der Waals surface area contributed by atoms with E-state index < -0.39 is 5.54 Å². The van der Waals surface area contributed by atoms with Crippen LogP contribution in [0.4, 0.5) is 0 Å². The second kappa shape index (κ2) is 8.80. The lowest BCUT2D eigenvalue weighted by molar-refractivity contribution is -0.170. The van der Waals surface area contributed by atoms with Crippen LogP contribution in [0.5, 0.6) is 5.75 Å². The lowest BCUT2D eigenvalue weighted by Gasteiger charge is -2.57. The largest absolute Gasteiger partial charge is 0.492 e. The van der Waals surface area contributed by atoms with Gasteiger partial charge in [-0.25, -0.2) is 0 Å².